The summed E-state index contributed by atoms with van der Waals surface area (Å²) in [5.74, 6) is 0.783. The van der Waals surface area contributed by atoms with Crippen molar-refractivity contribution in [3.8, 4) is 6.07 Å². The number of nitrogens with zero attached hydrogens (tertiary/aromatic N) is 3. The van der Waals surface area contributed by atoms with Crippen LogP contribution in [0, 0.1) is 11.3 Å². The molecule has 0 radical (unpaired) electrons. The molecule has 1 aliphatic heterocycles. The minimum atomic E-state index is 0.541. The number of hydrogen-bond acceptors (Lipinski definition) is 3. The van der Waals surface area contributed by atoms with Gasteiger partial charge in [-0.2, -0.15) is 5.26 Å². The average Bonchev–Trinajstić information content (AvgIpc) is 3.24. The van der Waals surface area contributed by atoms with Crippen LogP contribution in [0.25, 0.3) is 0 Å². The first-order valence-electron chi connectivity index (χ1n) is 10.1. The molecule has 1 aliphatic rings. The minimum absolute atomic E-state index is 0.541. The summed E-state index contributed by atoms with van der Waals surface area (Å²) in [5.41, 5.74) is 4.31. The number of nitriles is 1. The maximum absolute atomic E-state index is 9.02. The largest absolute Gasteiger partial charge is 0.357 e. The molecule has 5 nitrogen and oxygen atoms in total. The maximum Gasteiger partial charge on any atom is 0.191 e. The van der Waals surface area contributed by atoms with Gasteiger partial charge in [0.05, 0.1) is 18.2 Å². The molecule has 0 bridgehead atoms. The molecule has 0 aliphatic carbocycles. The van der Waals surface area contributed by atoms with Crippen LogP contribution in [0.15, 0.2) is 53.5 Å². The van der Waals surface area contributed by atoms with Crippen LogP contribution in [-0.4, -0.2) is 30.5 Å². The molecule has 0 unspecified atom stereocenters. The highest BCUT2D eigenvalue weighted by Crippen LogP contribution is 2.13. The number of likely N-dealkylation sites (tertiary alicyclic amines) is 1. The van der Waals surface area contributed by atoms with Gasteiger partial charge < -0.3 is 10.6 Å². The van der Waals surface area contributed by atoms with Gasteiger partial charge in [-0.3, -0.25) is 4.90 Å². The molecule has 0 amide bonds. The molecule has 0 aromatic heterocycles. The van der Waals surface area contributed by atoms with Crippen molar-refractivity contribution in [2.24, 2.45) is 4.99 Å². The molecule has 0 spiro atoms. The summed E-state index contributed by atoms with van der Waals surface area (Å²) in [7, 11) is 0. The summed E-state index contributed by atoms with van der Waals surface area (Å²) >= 11 is 0. The Bertz CT molecular complexity index is 814. The lowest BCUT2D eigenvalue weighted by molar-refractivity contribution is 0.331. The molecule has 0 atom stereocenters. The Morgan fingerprint density at radius 2 is 1.79 bits per heavy atom. The van der Waals surface area contributed by atoms with E-state index < -0.39 is 0 Å². The van der Waals surface area contributed by atoms with Gasteiger partial charge in [-0.25, -0.2) is 4.99 Å². The predicted octanol–water partition coefficient (Wildman–Crippen LogP) is 3.41. The molecule has 1 heterocycles. The Morgan fingerprint density at radius 1 is 1.04 bits per heavy atom. The quantitative estimate of drug-likeness (QED) is 0.575. The summed E-state index contributed by atoms with van der Waals surface area (Å²) in [6, 6.07) is 18.6. The van der Waals surface area contributed by atoms with E-state index in [9.17, 15) is 0 Å². The van der Waals surface area contributed by atoms with E-state index in [1.54, 1.807) is 0 Å². The first kappa shape index (κ1) is 19.9. The lowest BCUT2D eigenvalue weighted by atomic mass is 10.1. The van der Waals surface area contributed by atoms with Crippen LogP contribution < -0.4 is 10.6 Å². The third-order valence-electron chi connectivity index (χ3n) is 4.91. The fourth-order valence-corrected chi connectivity index (χ4v) is 3.40. The van der Waals surface area contributed by atoms with Gasteiger partial charge in [0.25, 0.3) is 0 Å². The van der Waals surface area contributed by atoms with E-state index in [0.29, 0.717) is 12.1 Å². The second kappa shape index (κ2) is 10.5. The normalized spacial score (nSPS) is 14.6. The van der Waals surface area contributed by atoms with Crippen molar-refractivity contribution in [2.75, 3.05) is 19.6 Å². The van der Waals surface area contributed by atoms with Crippen LogP contribution in [0.3, 0.4) is 0 Å². The summed E-state index contributed by atoms with van der Waals surface area (Å²) < 4.78 is 0. The molecule has 2 aromatic rings. The van der Waals surface area contributed by atoms with Crippen LogP contribution in [0.2, 0.25) is 0 Å². The second-order valence-electron chi connectivity index (χ2n) is 7.16. The van der Waals surface area contributed by atoms with E-state index in [0.717, 1.165) is 31.2 Å². The van der Waals surface area contributed by atoms with Crippen molar-refractivity contribution in [1.82, 2.24) is 15.5 Å². The number of aliphatic imine (C=N–C) groups is 1. The first-order chi connectivity index (χ1) is 13.8. The molecule has 1 saturated heterocycles. The van der Waals surface area contributed by atoms with Gasteiger partial charge in [-0.05, 0) is 61.7 Å². The molecule has 2 aromatic carbocycles. The van der Waals surface area contributed by atoms with E-state index in [-0.39, 0.29) is 0 Å². The van der Waals surface area contributed by atoms with Crippen LogP contribution in [0.4, 0.5) is 0 Å². The number of hydrogen-bond donors (Lipinski definition) is 2. The van der Waals surface area contributed by atoms with E-state index >= 15 is 0 Å². The summed E-state index contributed by atoms with van der Waals surface area (Å²) in [5, 5.41) is 15.7. The summed E-state index contributed by atoms with van der Waals surface area (Å²) in [6.07, 6.45) is 2.66. The third-order valence-corrected chi connectivity index (χ3v) is 4.91. The number of benzene rings is 2. The fraction of sp³-hybridized carbons (Fsp3) is 0.391. The molecule has 1 fully saturated rings. The molecule has 5 heteroatoms. The third kappa shape index (κ3) is 6.11. The molecule has 146 valence electrons. The fourth-order valence-electron chi connectivity index (χ4n) is 3.40. The zero-order valence-corrected chi connectivity index (χ0v) is 16.6. The van der Waals surface area contributed by atoms with E-state index in [2.05, 4.69) is 57.8 Å². The van der Waals surface area contributed by atoms with Gasteiger partial charge in [0.2, 0.25) is 0 Å². The van der Waals surface area contributed by atoms with Gasteiger partial charge in [-0.15, -0.1) is 0 Å². The second-order valence-corrected chi connectivity index (χ2v) is 7.16. The van der Waals surface area contributed by atoms with Crippen molar-refractivity contribution in [3.63, 3.8) is 0 Å². The van der Waals surface area contributed by atoms with Crippen LogP contribution >= 0.6 is 0 Å². The SMILES string of the molecule is CCNC(=NCc1cccc(C#N)c1)NCc1ccc(CN2CCCC2)cc1. The first-order valence-corrected chi connectivity index (χ1v) is 10.1. The van der Waals surface area contributed by atoms with Crippen LogP contribution in [0.5, 0.6) is 0 Å². The Morgan fingerprint density at radius 3 is 2.50 bits per heavy atom. The summed E-state index contributed by atoms with van der Waals surface area (Å²) in [4.78, 5) is 7.16. The topological polar surface area (TPSA) is 63.5 Å². The van der Waals surface area contributed by atoms with Crippen LogP contribution in [0.1, 0.15) is 42.0 Å². The van der Waals surface area contributed by atoms with Crippen molar-refractivity contribution in [2.45, 2.75) is 39.4 Å². The van der Waals surface area contributed by atoms with Gasteiger partial charge >= 0.3 is 0 Å². The lowest BCUT2D eigenvalue weighted by Gasteiger charge is -2.15. The Hall–Kier alpha value is -2.84. The highest BCUT2D eigenvalue weighted by Gasteiger charge is 2.11. The molecule has 0 saturated carbocycles. The Balaban J connectivity index is 1.54. The molecule has 28 heavy (non-hydrogen) atoms. The monoisotopic (exact) mass is 375 g/mol. The zero-order chi connectivity index (χ0) is 19.6. The predicted molar refractivity (Wildman–Crippen MR) is 114 cm³/mol. The van der Waals surface area contributed by atoms with Crippen molar-refractivity contribution < 1.29 is 0 Å². The minimum Gasteiger partial charge on any atom is -0.357 e. The maximum atomic E-state index is 9.02. The van der Waals surface area contributed by atoms with Crippen molar-refractivity contribution in [3.05, 3.63) is 70.8 Å². The highest BCUT2D eigenvalue weighted by atomic mass is 15.2. The number of rotatable bonds is 7. The average molecular weight is 376 g/mol. The van der Waals surface area contributed by atoms with Crippen LogP contribution in [-0.2, 0) is 19.6 Å². The molecular formula is C23H29N5. The van der Waals surface area contributed by atoms with E-state index in [1.165, 1.54) is 37.1 Å². The van der Waals surface area contributed by atoms with Crippen molar-refractivity contribution in [1.29, 1.82) is 5.26 Å². The van der Waals surface area contributed by atoms with E-state index in [1.807, 2.05) is 24.3 Å². The van der Waals surface area contributed by atoms with Crippen molar-refractivity contribution >= 4 is 5.96 Å². The smallest absolute Gasteiger partial charge is 0.191 e. The molecule has 2 N–H and O–H groups in total. The van der Waals surface area contributed by atoms with Gasteiger partial charge in [0.1, 0.15) is 0 Å². The lowest BCUT2D eigenvalue weighted by Crippen LogP contribution is -2.36. The Labute approximate surface area is 168 Å². The number of nitrogens with one attached hydrogen (secondary N) is 2. The Kier molecular flexibility index (Phi) is 7.45. The standard InChI is InChI=1S/C23H29N5/c1-2-25-23(27-17-22-7-5-6-21(14-22)15-24)26-16-19-8-10-20(11-9-19)18-28-12-3-4-13-28/h5-11,14H,2-4,12-13,16-18H2,1H3,(H2,25,26,27). The van der Waals surface area contributed by atoms with Gasteiger partial charge in [0, 0.05) is 19.6 Å². The zero-order valence-electron chi connectivity index (χ0n) is 16.6. The van der Waals surface area contributed by atoms with E-state index in [4.69, 9.17) is 5.26 Å². The van der Waals surface area contributed by atoms with Gasteiger partial charge in [-0.1, -0.05) is 36.4 Å². The summed E-state index contributed by atoms with van der Waals surface area (Å²) in [6.45, 7) is 7.64. The molecule has 3 rings (SSSR count). The number of guanidine groups is 1. The highest BCUT2D eigenvalue weighted by molar-refractivity contribution is 5.79. The molecular weight excluding hydrogens is 346 g/mol. The van der Waals surface area contributed by atoms with Gasteiger partial charge in [0.15, 0.2) is 5.96 Å².